The molecule has 1 aromatic heterocycles. The first kappa shape index (κ1) is 10.5. The summed E-state index contributed by atoms with van der Waals surface area (Å²) in [6.45, 7) is 1.87. The van der Waals surface area contributed by atoms with Crippen molar-refractivity contribution in [2.45, 2.75) is 6.92 Å². The van der Waals surface area contributed by atoms with Gasteiger partial charge < -0.3 is 5.32 Å². The third kappa shape index (κ3) is 1.74. The van der Waals surface area contributed by atoms with Gasteiger partial charge >= 0.3 is 0 Å². The first-order valence-corrected chi connectivity index (χ1v) is 4.98. The highest BCUT2D eigenvalue weighted by Gasteiger charge is 2.11. The van der Waals surface area contributed by atoms with Crippen molar-refractivity contribution in [3.05, 3.63) is 42.0 Å². The van der Waals surface area contributed by atoms with E-state index >= 15 is 0 Å². The Hall–Kier alpha value is -1.97. The number of rotatable bonds is 2. The third-order valence-electron chi connectivity index (χ3n) is 2.45. The molecule has 0 spiro atoms. The minimum Gasteiger partial charge on any atom is -0.373 e. The Morgan fingerprint density at radius 1 is 1.19 bits per heavy atom. The molecule has 1 heterocycles. The standard InChI is InChI=1S/C12H12FN3/c1-8-11(15-7-16-12(8)14-2)9-5-3-4-6-10(9)13/h3-7H,1-2H3,(H,14,15,16). The van der Waals surface area contributed by atoms with Gasteiger partial charge in [0.15, 0.2) is 0 Å². The second-order valence-electron chi connectivity index (χ2n) is 3.43. The Labute approximate surface area is 93.4 Å². The molecule has 0 saturated heterocycles. The Bertz CT molecular complexity index is 511. The first-order valence-electron chi connectivity index (χ1n) is 4.98. The molecule has 82 valence electrons. The Morgan fingerprint density at radius 2 is 1.94 bits per heavy atom. The highest BCUT2D eigenvalue weighted by molar-refractivity contribution is 5.68. The summed E-state index contributed by atoms with van der Waals surface area (Å²) in [7, 11) is 1.78. The summed E-state index contributed by atoms with van der Waals surface area (Å²) in [6, 6.07) is 6.59. The average Bonchev–Trinajstić information content (AvgIpc) is 2.31. The van der Waals surface area contributed by atoms with Crippen LogP contribution in [0.15, 0.2) is 30.6 Å². The van der Waals surface area contributed by atoms with Crippen LogP contribution in [0.1, 0.15) is 5.56 Å². The van der Waals surface area contributed by atoms with Crippen molar-refractivity contribution in [1.29, 1.82) is 0 Å². The lowest BCUT2D eigenvalue weighted by atomic mass is 10.1. The number of hydrogen-bond donors (Lipinski definition) is 1. The summed E-state index contributed by atoms with van der Waals surface area (Å²) in [5.74, 6) is 0.444. The van der Waals surface area contributed by atoms with E-state index < -0.39 is 0 Å². The van der Waals surface area contributed by atoms with Crippen LogP contribution in [0, 0.1) is 12.7 Å². The van der Waals surface area contributed by atoms with E-state index in [-0.39, 0.29) is 5.82 Å². The summed E-state index contributed by atoms with van der Waals surface area (Å²) >= 11 is 0. The summed E-state index contributed by atoms with van der Waals surface area (Å²) < 4.78 is 13.6. The van der Waals surface area contributed by atoms with Crippen molar-refractivity contribution in [2.24, 2.45) is 0 Å². The van der Waals surface area contributed by atoms with Crippen LogP contribution >= 0.6 is 0 Å². The predicted octanol–water partition coefficient (Wildman–Crippen LogP) is 2.63. The Kier molecular flexibility index (Phi) is 2.81. The number of nitrogens with zero attached hydrogens (tertiary/aromatic N) is 2. The molecule has 1 aromatic carbocycles. The van der Waals surface area contributed by atoms with Crippen molar-refractivity contribution in [3.8, 4) is 11.3 Å². The van der Waals surface area contributed by atoms with E-state index in [2.05, 4.69) is 15.3 Å². The van der Waals surface area contributed by atoms with Gasteiger partial charge in [0, 0.05) is 18.2 Å². The molecule has 0 aliphatic rings. The van der Waals surface area contributed by atoms with Crippen LogP contribution in [0.25, 0.3) is 11.3 Å². The molecule has 4 heteroatoms. The van der Waals surface area contributed by atoms with Crippen molar-refractivity contribution in [1.82, 2.24) is 9.97 Å². The van der Waals surface area contributed by atoms with Gasteiger partial charge in [-0.25, -0.2) is 14.4 Å². The van der Waals surface area contributed by atoms with E-state index in [1.54, 1.807) is 25.2 Å². The molecule has 2 aromatic rings. The smallest absolute Gasteiger partial charge is 0.132 e. The van der Waals surface area contributed by atoms with Gasteiger partial charge in [0.1, 0.15) is 18.0 Å². The molecular formula is C12H12FN3. The van der Waals surface area contributed by atoms with Gasteiger partial charge in [-0.05, 0) is 19.1 Å². The molecule has 2 rings (SSSR count). The van der Waals surface area contributed by atoms with Crippen LogP contribution in [0.3, 0.4) is 0 Å². The summed E-state index contributed by atoms with van der Waals surface area (Å²) in [5, 5.41) is 2.95. The maximum Gasteiger partial charge on any atom is 0.132 e. The normalized spacial score (nSPS) is 10.2. The van der Waals surface area contributed by atoms with Gasteiger partial charge in [0.05, 0.1) is 5.69 Å². The van der Waals surface area contributed by atoms with E-state index in [1.165, 1.54) is 12.4 Å². The zero-order valence-corrected chi connectivity index (χ0v) is 9.16. The Morgan fingerprint density at radius 3 is 2.62 bits per heavy atom. The lowest BCUT2D eigenvalue weighted by Gasteiger charge is -2.09. The van der Waals surface area contributed by atoms with Crippen LogP contribution in [0.2, 0.25) is 0 Å². The number of hydrogen-bond acceptors (Lipinski definition) is 3. The first-order chi connectivity index (χ1) is 7.74. The molecular weight excluding hydrogens is 205 g/mol. The molecule has 16 heavy (non-hydrogen) atoms. The molecule has 0 atom stereocenters. The number of halogens is 1. The van der Waals surface area contributed by atoms with Crippen LogP contribution in [0.4, 0.5) is 10.2 Å². The van der Waals surface area contributed by atoms with Gasteiger partial charge in [-0.15, -0.1) is 0 Å². The quantitative estimate of drug-likeness (QED) is 0.840. The fourth-order valence-corrected chi connectivity index (χ4v) is 1.63. The monoisotopic (exact) mass is 217 g/mol. The lowest BCUT2D eigenvalue weighted by Crippen LogP contribution is -2.00. The second-order valence-corrected chi connectivity index (χ2v) is 3.43. The van der Waals surface area contributed by atoms with E-state index in [4.69, 9.17) is 0 Å². The van der Waals surface area contributed by atoms with E-state index in [9.17, 15) is 4.39 Å². The predicted molar refractivity (Wildman–Crippen MR) is 61.7 cm³/mol. The minimum atomic E-state index is -0.272. The van der Waals surface area contributed by atoms with Gasteiger partial charge in [0.25, 0.3) is 0 Å². The van der Waals surface area contributed by atoms with Crippen molar-refractivity contribution >= 4 is 5.82 Å². The van der Waals surface area contributed by atoms with E-state index in [0.717, 1.165) is 5.56 Å². The second kappa shape index (κ2) is 4.26. The molecule has 0 bridgehead atoms. The molecule has 0 saturated carbocycles. The van der Waals surface area contributed by atoms with Gasteiger partial charge in [-0.1, -0.05) is 12.1 Å². The highest BCUT2D eigenvalue weighted by atomic mass is 19.1. The highest BCUT2D eigenvalue weighted by Crippen LogP contribution is 2.26. The van der Waals surface area contributed by atoms with E-state index in [0.29, 0.717) is 17.1 Å². The number of benzene rings is 1. The zero-order chi connectivity index (χ0) is 11.5. The summed E-state index contributed by atoms with van der Waals surface area (Å²) in [4.78, 5) is 8.19. The molecule has 3 nitrogen and oxygen atoms in total. The van der Waals surface area contributed by atoms with Crippen molar-refractivity contribution in [2.75, 3.05) is 12.4 Å². The number of aromatic nitrogens is 2. The minimum absolute atomic E-state index is 0.272. The van der Waals surface area contributed by atoms with Gasteiger partial charge in [-0.3, -0.25) is 0 Å². The van der Waals surface area contributed by atoms with Gasteiger partial charge in [-0.2, -0.15) is 0 Å². The number of nitrogens with one attached hydrogen (secondary N) is 1. The molecule has 0 aliphatic heterocycles. The maximum atomic E-state index is 13.6. The van der Waals surface area contributed by atoms with E-state index in [1.807, 2.05) is 6.92 Å². The molecule has 1 N–H and O–H groups in total. The largest absolute Gasteiger partial charge is 0.373 e. The zero-order valence-electron chi connectivity index (χ0n) is 9.16. The summed E-state index contributed by atoms with van der Waals surface area (Å²) in [5.41, 5.74) is 1.96. The Balaban J connectivity index is 2.61. The average molecular weight is 217 g/mol. The fourth-order valence-electron chi connectivity index (χ4n) is 1.63. The van der Waals surface area contributed by atoms with Crippen LogP contribution in [0.5, 0.6) is 0 Å². The fraction of sp³-hybridized carbons (Fsp3) is 0.167. The molecule has 0 radical (unpaired) electrons. The van der Waals surface area contributed by atoms with Crippen LogP contribution < -0.4 is 5.32 Å². The lowest BCUT2D eigenvalue weighted by molar-refractivity contribution is 0.630. The van der Waals surface area contributed by atoms with Crippen LogP contribution in [-0.2, 0) is 0 Å². The maximum absolute atomic E-state index is 13.6. The molecule has 0 unspecified atom stereocenters. The molecule has 0 amide bonds. The van der Waals surface area contributed by atoms with Gasteiger partial charge in [0.2, 0.25) is 0 Å². The topological polar surface area (TPSA) is 37.8 Å². The SMILES string of the molecule is CNc1ncnc(-c2ccccc2F)c1C. The van der Waals surface area contributed by atoms with Crippen molar-refractivity contribution < 1.29 is 4.39 Å². The third-order valence-corrected chi connectivity index (χ3v) is 2.45. The molecule has 0 fully saturated rings. The summed E-state index contributed by atoms with van der Waals surface area (Å²) in [6.07, 6.45) is 1.43. The van der Waals surface area contributed by atoms with Crippen molar-refractivity contribution in [3.63, 3.8) is 0 Å². The molecule has 0 aliphatic carbocycles. The number of anilines is 1. The van der Waals surface area contributed by atoms with Crippen LogP contribution in [-0.4, -0.2) is 17.0 Å².